The summed E-state index contributed by atoms with van der Waals surface area (Å²) < 4.78 is 5.52. The summed E-state index contributed by atoms with van der Waals surface area (Å²) in [6, 6.07) is 23.7. The molecule has 2 aliphatic rings. The van der Waals surface area contributed by atoms with E-state index in [2.05, 4.69) is 0 Å². The third-order valence-electron chi connectivity index (χ3n) is 6.02. The Balaban J connectivity index is 1.33. The van der Waals surface area contributed by atoms with Gasteiger partial charge in [-0.2, -0.15) is 0 Å². The zero-order valence-electron chi connectivity index (χ0n) is 17.3. The second-order valence-corrected chi connectivity index (χ2v) is 8.00. The highest BCUT2D eigenvalue weighted by atomic mass is 16.5. The van der Waals surface area contributed by atoms with Crippen LogP contribution in [-0.4, -0.2) is 17.8 Å². The quantitative estimate of drug-likeness (QED) is 0.256. The molecule has 158 valence electrons. The monoisotopic (exact) mass is 423 g/mol. The summed E-state index contributed by atoms with van der Waals surface area (Å²) in [5.74, 6) is -1.15. The first kappa shape index (κ1) is 19.9. The predicted molar refractivity (Wildman–Crippen MR) is 121 cm³/mol. The Morgan fingerprint density at radius 3 is 2.03 bits per heavy atom. The fraction of sp³-hybridized carbons (Fsp3) is 0.148. The van der Waals surface area contributed by atoms with Gasteiger partial charge in [-0.05, 0) is 54.3 Å². The molecule has 1 aliphatic carbocycles. The van der Waals surface area contributed by atoms with Gasteiger partial charge in [-0.15, -0.1) is 0 Å². The van der Waals surface area contributed by atoms with E-state index in [-0.39, 0.29) is 29.2 Å². The maximum Gasteiger partial charge on any atom is 0.343 e. The number of hydrogen-bond donors (Lipinski definition) is 0. The predicted octanol–water partition coefficient (Wildman–Crippen LogP) is 5.03. The molecule has 1 aliphatic heterocycles. The first-order chi connectivity index (χ1) is 15.6. The Hall–Kier alpha value is -3.99. The van der Waals surface area contributed by atoms with Gasteiger partial charge >= 0.3 is 5.97 Å². The van der Waals surface area contributed by atoms with Crippen molar-refractivity contribution in [1.82, 2.24) is 0 Å². The average Bonchev–Trinajstić information content (AvgIpc) is 3.10. The van der Waals surface area contributed by atoms with Gasteiger partial charge in [-0.1, -0.05) is 60.7 Å². The van der Waals surface area contributed by atoms with E-state index < -0.39 is 5.97 Å². The first-order valence-electron chi connectivity index (χ1n) is 10.6. The molecule has 3 aromatic rings. The van der Waals surface area contributed by atoms with E-state index in [1.54, 1.807) is 36.4 Å². The van der Waals surface area contributed by atoms with Crippen molar-refractivity contribution in [3.63, 3.8) is 0 Å². The highest BCUT2D eigenvalue weighted by Gasteiger charge is 2.47. The van der Waals surface area contributed by atoms with Crippen molar-refractivity contribution in [2.24, 2.45) is 11.8 Å². The summed E-state index contributed by atoms with van der Waals surface area (Å²) in [7, 11) is 0. The van der Waals surface area contributed by atoms with Gasteiger partial charge in [0.2, 0.25) is 11.8 Å². The molecule has 2 atom stereocenters. The second-order valence-electron chi connectivity index (χ2n) is 8.00. The molecule has 0 spiro atoms. The standard InChI is InChI=1S/C27H21NO4/c29-25-23-11-4-5-12-24(23)26(30)28(25)21-10-6-9-20(17-21)27(31)32-22-15-13-19(14-16-22)18-7-2-1-3-8-18/h1-10,13-17,23-24H,11-12H2/t23-,24+. The van der Waals surface area contributed by atoms with Crippen LogP contribution in [0.4, 0.5) is 5.69 Å². The number of benzene rings is 3. The van der Waals surface area contributed by atoms with Crippen LogP contribution < -0.4 is 9.64 Å². The van der Waals surface area contributed by atoms with Crippen LogP contribution in [-0.2, 0) is 9.59 Å². The van der Waals surface area contributed by atoms with Crippen molar-refractivity contribution in [3.8, 4) is 16.9 Å². The molecule has 5 rings (SSSR count). The van der Waals surface area contributed by atoms with Gasteiger partial charge in [0, 0.05) is 0 Å². The third kappa shape index (κ3) is 3.62. The maximum absolute atomic E-state index is 12.8. The van der Waals surface area contributed by atoms with Crippen LogP contribution in [0.5, 0.6) is 5.75 Å². The van der Waals surface area contributed by atoms with Crippen molar-refractivity contribution in [3.05, 3.63) is 96.6 Å². The molecule has 5 heteroatoms. The van der Waals surface area contributed by atoms with Gasteiger partial charge in [-0.25, -0.2) is 4.79 Å². The van der Waals surface area contributed by atoms with Crippen LogP contribution in [0.15, 0.2) is 91.0 Å². The van der Waals surface area contributed by atoms with Crippen LogP contribution in [0.3, 0.4) is 0 Å². The molecule has 2 amide bonds. The fourth-order valence-corrected chi connectivity index (χ4v) is 4.34. The van der Waals surface area contributed by atoms with E-state index in [4.69, 9.17) is 4.74 Å². The number of hydrogen-bond acceptors (Lipinski definition) is 4. The zero-order chi connectivity index (χ0) is 22.1. The molecule has 1 heterocycles. The minimum absolute atomic E-state index is 0.202. The molecule has 0 N–H and O–H groups in total. The lowest BCUT2D eigenvalue weighted by atomic mass is 9.85. The van der Waals surface area contributed by atoms with Gasteiger partial charge < -0.3 is 4.74 Å². The Morgan fingerprint density at radius 2 is 1.38 bits per heavy atom. The molecule has 1 fully saturated rings. The lowest BCUT2D eigenvalue weighted by Crippen LogP contribution is -2.31. The van der Waals surface area contributed by atoms with E-state index in [0.29, 0.717) is 24.3 Å². The van der Waals surface area contributed by atoms with Gasteiger partial charge in [-0.3, -0.25) is 14.5 Å². The summed E-state index contributed by atoms with van der Waals surface area (Å²) in [5, 5.41) is 0. The topological polar surface area (TPSA) is 63.7 Å². The summed E-state index contributed by atoms with van der Waals surface area (Å²) in [5.41, 5.74) is 2.79. The first-order valence-corrected chi connectivity index (χ1v) is 10.6. The molecule has 1 saturated heterocycles. The van der Waals surface area contributed by atoms with Crippen LogP contribution in [0, 0.1) is 11.8 Å². The van der Waals surface area contributed by atoms with Crippen LogP contribution in [0.1, 0.15) is 23.2 Å². The van der Waals surface area contributed by atoms with Gasteiger partial charge in [0.05, 0.1) is 23.1 Å². The average molecular weight is 423 g/mol. The van der Waals surface area contributed by atoms with E-state index in [1.807, 2.05) is 54.6 Å². The maximum atomic E-state index is 12.8. The second kappa shape index (κ2) is 8.27. The lowest BCUT2D eigenvalue weighted by Gasteiger charge is -2.15. The summed E-state index contributed by atoms with van der Waals surface area (Å²) in [4.78, 5) is 39.6. The van der Waals surface area contributed by atoms with Crippen LogP contribution in [0.25, 0.3) is 11.1 Å². The highest BCUT2D eigenvalue weighted by molar-refractivity contribution is 6.22. The Bertz CT molecular complexity index is 1190. The minimum Gasteiger partial charge on any atom is -0.423 e. The molecule has 32 heavy (non-hydrogen) atoms. The molecule has 0 saturated carbocycles. The minimum atomic E-state index is -0.544. The van der Waals surface area contributed by atoms with Crippen molar-refractivity contribution >= 4 is 23.5 Å². The van der Waals surface area contributed by atoms with E-state index in [1.165, 1.54) is 4.90 Å². The van der Waals surface area contributed by atoms with Gasteiger partial charge in [0.1, 0.15) is 5.75 Å². The molecule has 3 aromatic carbocycles. The largest absolute Gasteiger partial charge is 0.423 e. The lowest BCUT2D eigenvalue weighted by molar-refractivity contribution is -0.122. The number of rotatable bonds is 4. The number of imide groups is 1. The van der Waals surface area contributed by atoms with Crippen molar-refractivity contribution in [1.29, 1.82) is 0 Å². The Morgan fingerprint density at radius 1 is 0.750 bits per heavy atom. The number of allylic oxidation sites excluding steroid dienone is 2. The number of esters is 1. The molecule has 0 aromatic heterocycles. The fourth-order valence-electron chi connectivity index (χ4n) is 4.34. The number of ether oxygens (including phenoxy) is 1. The SMILES string of the molecule is O=C(Oc1ccc(-c2ccccc2)cc1)c1cccc(N2C(=O)[C@H]3CC=CC[C@H]3C2=O)c1. The molecule has 0 unspecified atom stereocenters. The smallest absolute Gasteiger partial charge is 0.343 e. The number of nitrogens with zero attached hydrogens (tertiary/aromatic N) is 1. The van der Waals surface area contributed by atoms with Crippen molar-refractivity contribution < 1.29 is 19.1 Å². The zero-order valence-corrected chi connectivity index (χ0v) is 17.3. The normalized spacial score (nSPS) is 19.7. The number of carbonyl (C=O) groups is 3. The number of fused-ring (bicyclic) bond motifs is 1. The summed E-state index contributed by atoms with van der Waals surface area (Å²) >= 11 is 0. The Labute approximate surface area is 185 Å². The Kier molecular flexibility index (Phi) is 5.15. The van der Waals surface area contributed by atoms with Crippen LogP contribution >= 0.6 is 0 Å². The molecular weight excluding hydrogens is 402 g/mol. The summed E-state index contributed by atoms with van der Waals surface area (Å²) in [6.07, 6.45) is 5.05. The van der Waals surface area contributed by atoms with Crippen molar-refractivity contribution in [2.45, 2.75) is 12.8 Å². The number of carbonyl (C=O) groups excluding carboxylic acids is 3. The number of anilines is 1. The summed E-state index contributed by atoms with van der Waals surface area (Å²) in [6.45, 7) is 0. The molecule has 5 nitrogen and oxygen atoms in total. The highest BCUT2D eigenvalue weighted by Crippen LogP contribution is 2.37. The van der Waals surface area contributed by atoms with Crippen LogP contribution in [0.2, 0.25) is 0 Å². The molecular formula is C27H21NO4. The third-order valence-corrected chi connectivity index (χ3v) is 6.02. The van der Waals surface area contributed by atoms with Gasteiger partial charge in [0.15, 0.2) is 0 Å². The molecule has 0 radical (unpaired) electrons. The van der Waals surface area contributed by atoms with Gasteiger partial charge in [0.25, 0.3) is 0 Å². The van der Waals surface area contributed by atoms with E-state index in [9.17, 15) is 14.4 Å². The van der Waals surface area contributed by atoms with E-state index >= 15 is 0 Å². The van der Waals surface area contributed by atoms with E-state index in [0.717, 1.165) is 11.1 Å². The van der Waals surface area contributed by atoms with Crippen molar-refractivity contribution in [2.75, 3.05) is 4.90 Å². The molecule has 0 bridgehead atoms. The number of amides is 2.